The number of rotatable bonds is 6. The minimum absolute atomic E-state index is 0.156. The van der Waals surface area contributed by atoms with Crippen molar-refractivity contribution in [1.82, 2.24) is 0 Å². The van der Waals surface area contributed by atoms with Crippen LogP contribution in [0.3, 0.4) is 0 Å². The van der Waals surface area contributed by atoms with Gasteiger partial charge in [-0.1, -0.05) is 71.9 Å². The molecule has 0 aliphatic carbocycles. The normalized spacial score (nSPS) is 12.7. The van der Waals surface area contributed by atoms with Crippen LogP contribution in [0.1, 0.15) is 18.1 Å². The lowest BCUT2D eigenvalue weighted by atomic mass is 9.92. The SMILES string of the molecule is C=C(/C=C(/C=O)C(C)Cc1ccccc1)c1cccc(Br)c1. The zero-order valence-corrected chi connectivity index (χ0v) is 14.2. The molecule has 0 aromatic heterocycles. The lowest BCUT2D eigenvalue weighted by Gasteiger charge is -2.12. The van der Waals surface area contributed by atoms with Crippen LogP contribution in [-0.2, 0) is 11.2 Å². The van der Waals surface area contributed by atoms with Crippen LogP contribution in [0.5, 0.6) is 0 Å². The van der Waals surface area contributed by atoms with Gasteiger partial charge < -0.3 is 0 Å². The van der Waals surface area contributed by atoms with Crippen molar-refractivity contribution >= 4 is 27.8 Å². The molecule has 112 valence electrons. The van der Waals surface area contributed by atoms with Crippen molar-refractivity contribution in [2.75, 3.05) is 0 Å². The van der Waals surface area contributed by atoms with Crippen LogP contribution < -0.4 is 0 Å². The highest BCUT2D eigenvalue weighted by atomic mass is 79.9. The summed E-state index contributed by atoms with van der Waals surface area (Å²) in [7, 11) is 0. The number of hydrogen-bond donors (Lipinski definition) is 0. The first-order valence-electron chi connectivity index (χ1n) is 7.25. The van der Waals surface area contributed by atoms with Gasteiger partial charge in [0.15, 0.2) is 0 Å². The topological polar surface area (TPSA) is 17.1 Å². The van der Waals surface area contributed by atoms with Crippen molar-refractivity contribution in [3.63, 3.8) is 0 Å². The van der Waals surface area contributed by atoms with Gasteiger partial charge in [0.1, 0.15) is 6.29 Å². The molecule has 0 aliphatic heterocycles. The molecule has 0 fully saturated rings. The second-order valence-corrected chi connectivity index (χ2v) is 6.30. The fourth-order valence-electron chi connectivity index (χ4n) is 2.35. The van der Waals surface area contributed by atoms with E-state index in [1.807, 2.05) is 48.5 Å². The molecule has 0 amide bonds. The molecular weight excluding hydrogens is 336 g/mol. The van der Waals surface area contributed by atoms with Crippen LogP contribution in [0.25, 0.3) is 5.57 Å². The van der Waals surface area contributed by atoms with E-state index in [9.17, 15) is 4.79 Å². The van der Waals surface area contributed by atoms with Crippen molar-refractivity contribution in [2.24, 2.45) is 5.92 Å². The molecular formula is C20H19BrO. The maximum absolute atomic E-state index is 11.5. The molecule has 0 saturated carbocycles. The fourth-order valence-corrected chi connectivity index (χ4v) is 2.75. The summed E-state index contributed by atoms with van der Waals surface area (Å²) in [6, 6.07) is 18.1. The largest absolute Gasteiger partial charge is 0.298 e. The maximum Gasteiger partial charge on any atom is 0.146 e. The minimum Gasteiger partial charge on any atom is -0.298 e. The second-order valence-electron chi connectivity index (χ2n) is 5.39. The van der Waals surface area contributed by atoms with Crippen molar-refractivity contribution < 1.29 is 4.79 Å². The summed E-state index contributed by atoms with van der Waals surface area (Å²) in [5.41, 5.74) is 3.87. The van der Waals surface area contributed by atoms with Gasteiger partial charge in [0.05, 0.1) is 0 Å². The Hall–Kier alpha value is -1.93. The van der Waals surface area contributed by atoms with Crippen LogP contribution >= 0.6 is 15.9 Å². The summed E-state index contributed by atoms with van der Waals surface area (Å²) in [6.07, 6.45) is 3.68. The average molecular weight is 355 g/mol. The average Bonchev–Trinajstić information content (AvgIpc) is 2.53. The lowest BCUT2D eigenvalue weighted by Crippen LogP contribution is -2.05. The maximum atomic E-state index is 11.5. The van der Waals surface area contributed by atoms with Crippen LogP contribution in [0, 0.1) is 5.92 Å². The molecule has 0 N–H and O–H groups in total. The first kappa shape index (κ1) is 16.4. The molecule has 0 radical (unpaired) electrons. The number of carbonyl (C=O) groups is 1. The molecule has 22 heavy (non-hydrogen) atoms. The monoisotopic (exact) mass is 354 g/mol. The molecule has 2 heteroatoms. The van der Waals surface area contributed by atoms with Crippen LogP contribution in [0.4, 0.5) is 0 Å². The summed E-state index contributed by atoms with van der Waals surface area (Å²) in [5, 5.41) is 0. The number of hydrogen-bond acceptors (Lipinski definition) is 1. The van der Waals surface area contributed by atoms with Crippen molar-refractivity contribution in [1.29, 1.82) is 0 Å². The molecule has 0 aliphatic rings. The van der Waals surface area contributed by atoms with Gasteiger partial charge in [0.25, 0.3) is 0 Å². The first-order chi connectivity index (χ1) is 10.6. The number of carbonyl (C=O) groups excluding carboxylic acids is 1. The van der Waals surface area contributed by atoms with E-state index in [1.54, 1.807) is 0 Å². The third-order valence-electron chi connectivity index (χ3n) is 3.63. The summed E-state index contributed by atoms with van der Waals surface area (Å²) < 4.78 is 1.00. The molecule has 2 aromatic carbocycles. The molecule has 0 spiro atoms. The second kappa shape index (κ2) is 7.90. The van der Waals surface area contributed by atoms with Gasteiger partial charge in [0, 0.05) is 4.47 Å². The lowest BCUT2D eigenvalue weighted by molar-refractivity contribution is -0.105. The predicted molar refractivity (Wildman–Crippen MR) is 96.6 cm³/mol. The Balaban J connectivity index is 2.16. The van der Waals surface area contributed by atoms with E-state index in [2.05, 4.69) is 41.6 Å². The van der Waals surface area contributed by atoms with E-state index in [0.717, 1.165) is 33.9 Å². The Morgan fingerprint density at radius 1 is 1.18 bits per heavy atom. The van der Waals surface area contributed by atoms with E-state index < -0.39 is 0 Å². The zero-order chi connectivity index (χ0) is 15.9. The summed E-state index contributed by atoms with van der Waals surface area (Å²) in [5.74, 6) is 0.156. The smallest absolute Gasteiger partial charge is 0.146 e. The van der Waals surface area contributed by atoms with Gasteiger partial charge in [-0.05, 0) is 52.8 Å². The number of halogens is 1. The number of allylic oxidation sites excluding steroid dienone is 3. The predicted octanol–water partition coefficient (Wildman–Crippen LogP) is 5.47. The molecule has 1 nitrogen and oxygen atoms in total. The molecule has 1 atom stereocenters. The van der Waals surface area contributed by atoms with E-state index in [0.29, 0.717) is 0 Å². The van der Waals surface area contributed by atoms with Gasteiger partial charge in [-0.2, -0.15) is 0 Å². The molecule has 2 aromatic rings. The first-order valence-corrected chi connectivity index (χ1v) is 8.05. The van der Waals surface area contributed by atoms with E-state index in [-0.39, 0.29) is 5.92 Å². The van der Waals surface area contributed by atoms with Crippen molar-refractivity contribution in [3.8, 4) is 0 Å². The van der Waals surface area contributed by atoms with Gasteiger partial charge in [-0.25, -0.2) is 0 Å². The minimum atomic E-state index is 0.156. The Morgan fingerprint density at radius 3 is 2.55 bits per heavy atom. The fraction of sp³-hybridized carbons (Fsp3) is 0.150. The van der Waals surface area contributed by atoms with Crippen LogP contribution in [0.2, 0.25) is 0 Å². The van der Waals surface area contributed by atoms with Gasteiger partial charge in [-0.15, -0.1) is 0 Å². The molecule has 0 bridgehead atoms. The van der Waals surface area contributed by atoms with E-state index >= 15 is 0 Å². The standard InChI is InChI=1S/C20H19BrO/c1-15(11-17-7-4-3-5-8-17)19(14-22)12-16(2)18-9-6-10-20(21)13-18/h3-10,12-15H,2,11H2,1H3/b19-12-. The van der Waals surface area contributed by atoms with Gasteiger partial charge >= 0.3 is 0 Å². The van der Waals surface area contributed by atoms with Crippen molar-refractivity contribution in [2.45, 2.75) is 13.3 Å². The highest BCUT2D eigenvalue weighted by Crippen LogP contribution is 2.23. The number of aldehydes is 1. The molecule has 0 saturated heterocycles. The van der Waals surface area contributed by atoms with Gasteiger partial charge in [0.2, 0.25) is 0 Å². The summed E-state index contributed by atoms with van der Waals surface area (Å²) in [6.45, 7) is 6.16. The zero-order valence-electron chi connectivity index (χ0n) is 12.6. The van der Waals surface area contributed by atoms with E-state index in [1.165, 1.54) is 5.56 Å². The van der Waals surface area contributed by atoms with Gasteiger partial charge in [-0.3, -0.25) is 4.79 Å². The molecule has 2 rings (SSSR count). The Labute approximate surface area is 140 Å². The van der Waals surface area contributed by atoms with E-state index in [4.69, 9.17) is 0 Å². The summed E-state index contributed by atoms with van der Waals surface area (Å²) >= 11 is 3.46. The Kier molecular flexibility index (Phi) is 5.91. The quantitative estimate of drug-likeness (QED) is 0.382. The highest BCUT2D eigenvalue weighted by molar-refractivity contribution is 9.10. The van der Waals surface area contributed by atoms with Crippen LogP contribution in [-0.4, -0.2) is 6.29 Å². The molecule has 1 unspecified atom stereocenters. The Bertz CT molecular complexity index is 686. The summed E-state index contributed by atoms with van der Waals surface area (Å²) in [4.78, 5) is 11.5. The molecule has 0 heterocycles. The van der Waals surface area contributed by atoms with Crippen LogP contribution in [0.15, 0.2) is 77.3 Å². The van der Waals surface area contributed by atoms with Crippen molar-refractivity contribution in [3.05, 3.63) is 88.4 Å². The Morgan fingerprint density at radius 2 is 1.91 bits per heavy atom. The highest BCUT2D eigenvalue weighted by Gasteiger charge is 2.10. The third-order valence-corrected chi connectivity index (χ3v) is 4.12. The number of benzene rings is 2. The third kappa shape index (κ3) is 4.54.